The third-order valence-electron chi connectivity index (χ3n) is 4.69. The molecular formula is C19H19F4N5O2. The molecular weight excluding hydrogens is 406 g/mol. The molecule has 0 spiro atoms. The van der Waals surface area contributed by atoms with E-state index in [1.54, 1.807) is 27.0 Å². The lowest BCUT2D eigenvalue weighted by Crippen LogP contribution is -2.28. The van der Waals surface area contributed by atoms with Crippen LogP contribution in [0.25, 0.3) is 5.78 Å². The zero-order valence-electron chi connectivity index (χ0n) is 16.7. The summed E-state index contributed by atoms with van der Waals surface area (Å²) in [5.41, 5.74) is 1.76. The standard InChI is InChI=1S/C19H19F4N5O2/c1-10-13(11(2)28-18(24-10)25-17(26-28)19(21,22)23)8-16(29)27(3)9-12-5-6-15(30-4)14(20)7-12/h5-7H,8-9H2,1-4H3. The van der Waals surface area contributed by atoms with Crippen molar-refractivity contribution in [1.82, 2.24) is 24.5 Å². The molecule has 0 bridgehead atoms. The van der Waals surface area contributed by atoms with Crippen molar-refractivity contribution in [3.8, 4) is 5.75 Å². The summed E-state index contributed by atoms with van der Waals surface area (Å²) in [4.78, 5) is 21.5. The highest BCUT2D eigenvalue weighted by Gasteiger charge is 2.37. The maximum Gasteiger partial charge on any atom is 0.453 e. The number of halogens is 4. The largest absolute Gasteiger partial charge is 0.494 e. The Labute approximate surface area is 169 Å². The van der Waals surface area contributed by atoms with Gasteiger partial charge in [0.25, 0.3) is 11.6 Å². The Morgan fingerprint density at radius 2 is 1.93 bits per heavy atom. The summed E-state index contributed by atoms with van der Waals surface area (Å²) in [6.45, 7) is 3.30. The fraction of sp³-hybridized carbons (Fsp3) is 0.368. The molecule has 1 amide bonds. The summed E-state index contributed by atoms with van der Waals surface area (Å²) >= 11 is 0. The molecule has 0 saturated heterocycles. The Bertz CT molecular complexity index is 1110. The minimum absolute atomic E-state index is 0.100. The normalized spacial score (nSPS) is 11.7. The van der Waals surface area contributed by atoms with E-state index in [1.165, 1.54) is 24.1 Å². The van der Waals surface area contributed by atoms with Crippen molar-refractivity contribution in [3.63, 3.8) is 0 Å². The maximum absolute atomic E-state index is 13.9. The van der Waals surface area contributed by atoms with Crippen molar-refractivity contribution >= 4 is 11.7 Å². The number of benzene rings is 1. The predicted octanol–water partition coefficient (Wildman–Crippen LogP) is 3.11. The molecule has 160 valence electrons. The Morgan fingerprint density at radius 3 is 2.53 bits per heavy atom. The second kappa shape index (κ2) is 7.88. The van der Waals surface area contributed by atoms with Crippen LogP contribution in [0.1, 0.15) is 28.3 Å². The fourth-order valence-electron chi connectivity index (χ4n) is 3.04. The molecule has 0 aliphatic heterocycles. The van der Waals surface area contributed by atoms with E-state index in [1.807, 2.05) is 0 Å². The van der Waals surface area contributed by atoms with E-state index >= 15 is 0 Å². The predicted molar refractivity (Wildman–Crippen MR) is 98.4 cm³/mol. The lowest BCUT2D eigenvalue weighted by atomic mass is 10.1. The molecule has 0 unspecified atom stereocenters. The first-order valence-electron chi connectivity index (χ1n) is 8.87. The monoisotopic (exact) mass is 425 g/mol. The Hall–Kier alpha value is -3.24. The molecule has 0 fully saturated rings. The van der Waals surface area contributed by atoms with Crippen molar-refractivity contribution in [2.45, 2.75) is 33.0 Å². The molecule has 3 aromatic rings. The third-order valence-corrected chi connectivity index (χ3v) is 4.69. The molecule has 3 rings (SSSR count). The second-order valence-corrected chi connectivity index (χ2v) is 6.80. The number of carbonyl (C=O) groups excluding carboxylic acids is 1. The van der Waals surface area contributed by atoms with E-state index in [2.05, 4.69) is 15.1 Å². The number of hydrogen-bond acceptors (Lipinski definition) is 5. The minimum atomic E-state index is -4.70. The molecule has 0 radical (unpaired) electrons. The van der Waals surface area contributed by atoms with Gasteiger partial charge in [0.15, 0.2) is 11.6 Å². The number of ether oxygens (including phenoxy) is 1. The van der Waals surface area contributed by atoms with E-state index in [4.69, 9.17) is 4.74 Å². The van der Waals surface area contributed by atoms with Crippen LogP contribution in [0.2, 0.25) is 0 Å². The lowest BCUT2D eigenvalue weighted by molar-refractivity contribution is -0.144. The molecule has 0 saturated carbocycles. The number of aryl methyl sites for hydroxylation is 2. The van der Waals surface area contributed by atoms with E-state index in [0.29, 0.717) is 22.5 Å². The molecule has 0 atom stereocenters. The molecule has 2 aromatic heterocycles. The van der Waals surface area contributed by atoms with E-state index in [-0.39, 0.29) is 30.4 Å². The van der Waals surface area contributed by atoms with Gasteiger partial charge in [-0.25, -0.2) is 13.9 Å². The van der Waals surface area contributed by atoms with E-state index < -0.39 is 17.8 Å². The van der Waals surface area contributed by atoms with Crippen molar-refractivity contribution in [2.24, 2.45) is 0 Å². The number of nitrogens with zero attached hydrogens (tertiary/aromatic N) is 5. The molecule has 7 nitrogen and oxygen atoms in total. The number of hydrogen-bond donors (Lipinski definition) is 0. The van der Waals surface area contributed by atoms with Crippen LogP contribution in [-0.2, 0) is 23.9 Å². The summed E-state index contributed by atoms with van der Waals surface area (Å²) in [5.74, 6) is -2.22. The number of fused-ring (bicyclic) bond motifs is 1. The lowest BCUT2D eigenvalue weighted by Gasteiger charge is -2.19. The average Bonchev–Trinajstić information content (AvgIpc) is 3.09. The number of carbonyl (C=O) groups is 1. The highest BCUT2D eigenvalue weighted by molar-refractivity contribution is 5.79. The molecule has 0 aliphatic carbocycles. The van der Waals surface area contributed by atoms with Crippen LogP contribution >= 0.6 is 0 Å². The van der Waals surface area contributed by atoms with Gasteiger partial charge in [-0.1, -0.05) is 6.07 Å². The van der Waals surface area contributed by atoms with Gasteiger partial charge in [0.05, 0.1) is 13.5 Å². The van der Waals surface area contributed by atoms with Crippen molar-refractivity contribution in [2.75, 3.05) is 14.2 Å². The van der Waals surface area contributed by atoms with Gasteiger partial charge in [0.1, 0.15) is 0 Å². The fourth-order valence-corrected chi connectivity index (χ4v) is 3.04. The van der Waals surface area contributed by atoms with E-state index in [0.717, 1.165) is 4.52 Å². The van der Waals surface area contributed by atoms with Gasteiger partial charge in [-0.2, -0.15) is 18.2 Å². The molecule has 1 aromatic carbocycles. The first-order chi connectivity index (χ1) is 14.0. The van der Waals surface area contributed by atoms with Gasteiger partial charge in [-0.3, -0.25) is 4.79 Å². The molecule has 0 N–H and O–H groups in total. The first kappa shape index (κ1) is 21.5. The number of aromatic nitrogens is 4. The summed E-state index contributed by atoms with van der Waals surface area (Å²) in [5, 5.41) is 3.47. The Balaban J connectivity index is 1.82. The topological polar surface area (TPSA) is 72.6 Å². The number of amides is 1. The van der Waals surface area contributed by atoms with Gasteiger partial charge < -0.3 is 9.64 Å². The van der Waals surface area contributed by atoms with Crippen LogP contribution in [-0.4, -0.2) is 44.5 Å². The summed E-state index contributed by atoms with van der Waals surface area (Å²) < 4.78 is 58.4. The van der Waals surface area contributed by atoms with Crippen molar-refractivity contribution in [3.05, 3.63) is 52.4 Å². The van der Waals surface area contributed by atoms with Crippen LogP contribution < -0.4 is 4.74 Å². The van der Waals surface area contributed by atoms with Gasteiger partial charge in [0.2, 0.25) is 5.91 Å². The quantitative estimate of drug-likeness (QED) is 0.588. The van der Waals surface area contributed by atoms with Crippen LogP contribution in [0.5, 0.6) is 5.75 Å². The number of alkyl halides is 3. The smallest absolute Gasteiger partial charge is 0.453 e. The van der Waals surface area contributed by atoms with Crippen molar-refractivity contribution < 1.29 is 27.1 Å². The van der Waals surface area contributed by atoms with Gasteiger partial charge in [-0.05, 0) is 31.5 Å². The van der Waals surface area contributed by atoms with Gasteiger partial charge in [-0.15, -0.1) is 5.10 Å². The highest BCUT2D eigenvalue weighted by Crippen LogP contribution is 2.27. The summed E-state index contributed by atoms with van der Waals surface area (Å²) in [6, 6.07) is 4.39. The average molecular weight is 425 g/mol. The third kappa shape index (κ3) is 4.19. The molecule has 30 heavy (non-hydrogen) atoms. The highest BCUT2D eigenvalue weighted by atomic mass is 19.4. The van der Waals surface area contributed by atoms with Crippen molar-refractivity contribution in [1.29, 1.82) is 0 Å². The van der Waals surface area contributed by atoms with Gasteiger partial charge >= 0.3 is 6.18 Å². The summed E-state index contributed by atoms with van der Waals surface area (Å²) in [6.07, 6.45) is -4.80. The van der Waals surface area contributed by atoms with Gasteiger partial charge in [0, 0.05) is 30.5 Å². The first-order valence-corrected chi connectivity index (χ1v) is 8.87. The number of methoxy groups -OCH3 is 1. The molecule has 0 aliphatic rings. The van der Waals surface area contributed by atoms with Crippen LogP contribution in [0.4, 0.5) is 17.6 Å². The van der Waals surface area contributed by atoms with Crippen LogP contribution in [0.3, 0.4) is 0 Å². The van der Waals surface area contributed by atoms with Crippen LogP contribution in [0.15, 0.2) is 18.2 Å². The van der Waals surface area contributed by atoms with Crippen LogP contribution in [0, 0.1) is 19.7 Å². The summed E-state index contributed by atoms with van der Waals surface area (Å²) in [7, 11) is 2.91. The number of likely N-dealkylation sites (N-methyl/N-ethyl adjacent to an activating group) is 1. The Kier molecular flexibility index (Phi) is 5.64. The zero-order valence-corrected chi connectivity index (χ0v) is 16.7. The van der Waals surface area contributed by atoms with E-state index in [9.17, 15) is 22.4 Å². The molecule has 11 heteroatoms. The minimum Gasteiger partial charge on any atom is -0.494 e. The number of rotatable bonds is 5. The second-order valence-electron chi connectivity index (χ2n) is 6.80. The maximum atomic E-state index is 13.9. The SMILES string of the molecule is COc1ccc(CN(C)C(=O)Cc2c(C)nc3nc(C(F)(F)F)nn3c2C)cc1F. The Morgan fingerprint density at radius 1 is 1.23 bits per heavy atom. The molecule has 2 heterocycles. The zero-order chi connectivity index (χ0) is 22.2.